The van der Waals surface area contributed by atoms with Crippen molar-refractivity contribution in [3.05, 3.63) is 53.1 Å². The molecule has 1 aliphatic carbocycles. The molecule has 0 aliphatic heterocycles. The molecule has 1 aliphatic rings. The number of aliphatic hydroxyl groups is 2. The normalized spacial score (nSPS) is 25.1. The van der Waals surface area contributed by atoms with E-state index in [4.69, 9.17) is 11.6 Å². The van der Waals surface area contributed by atoms with Gasteiger partial charge in [0.15, 0.2) is 0 Å². The third kappa shape index (κ3) is 2.12. The first-order valence-corrected chi connectivity index (χ1v) is 5.07. The van der Waals surface area contributed by atoms with E-state index in [1.165, 1.54) is 0 Å². The van der Waals surface area contributed by atoms with Crippen molar-refractivity contribution in [2.45, 2.75) is 12.2 Å². The number of aliphatic hydroxyl groups excluding tert-OH is 2. The Labute approximate surface area is 93.1 Å². The lowest BCUT2D eigenvalue weighted by Crippen LogP contribution is -2.26. The van der Waals surface area contributed by atoms with E-state index in [1.807, 2.05) is 12.1 Å². The van der Waals surface area contributed by atoms with Crippen LogP contribution in [0.4, 0.5) is 0 Å². The van der Waals surface area contributed by atoms with Gasteiger partial charge in [-0.3, -0.25) is 0 Å². The predicted molar refractivity (Wildman–Crippen MR) is 60.6 cm³/mol. The molecule has 2 atom stereocenters. The number of hydrogen-bond donors (Lipinski definition) is 2. The van der Waals surface area contributed by atoms with Gasteiger partial charge in [-0.1, -0.05) is 42.0 Å². The molecule has 0 aromatic heterocycles. The minimum absolute atomic E-state index is 0.615. The van der Waals surface area contributed by atoms with Crippen LogP contribution in [-0.4, -0.2) is 22.4 Å². The van der Waals surface area contributed by atoms with Crippen LogP contribution < -0.4 is 0 Å². The van der Waals surface area contributed by atoms with Gasteiger partial charge in [0.1, 0.15) is 12.2 Å². The molecule has 78 valence electrons. The van der Waals surface area contributed by atoms with E-state index in [0.29, 0.717) is 10.6 Å². The van der Waals surface area contributed by atoms with E-state index in [0.717, 1.165) is 5.56 Å². The SMILES string of the molecule is O[C@@H]1C(c2cccc(Cl)c2)=CC=C[C@@H]1O. The van der Waals surface area contributed by atoms with Crippen LogP contribution in [0.25, 0.3) is 5.57 Å². The maximum absolute atomic E-state index is 9.77. The van der Waals surface area contributed by atoms with Gasteiger partial charge in [0.2, 0.25) is 0 Å². The second-order valence-corrected chi connectivity index (χ2v) is 3.89. The van der Waals surface area contributed by atoms with Gasteiger partial charge < -0.3 is 10.2 Å². The molecule has 0 bridgehead atoms. The lowest BCUT2D eigenvalue weighted by atomic mass is 9.93. The highest BCUT2D eigenvalue weighted by Gasteiger charge is 2.21. The Balaban J connectivity index is 2.39. The first kappa shape index (κ1) is 10.4. The van der Waals surface area contributed by atoms with Crippen LogP contribution in [-0.2, 0) is 0 Å². The minimum atomic E-state index is -0.881. The first-order valence-electron chi connectivity index (χ1n) is 4.69. The second-order valence-electron chi connectivity index (χ2n) is 3.45. The fraction of sp³-hybridized carbons (Fsp3) is 0.167. The van der Waals surface area contributed by atoms with E-state index >= 15 is 0 Å². The van der Waals surface area contributed by atoms with Gasteiger partial charge in [0.25, 0.3) is 0 Å². The van der Waals surface area contributed by atoms with Crippen molar-refractivity contribution >= 4 is 17.2 Å². The molecule has 0 saturated heterocycles. The second kappa shape index (κ2) is 4.19. The predicted octanol–water partition coefficient (Wildman–Crippen LogP) is 2.02. The third-order valence-corrected chi connectivity index (χ3v) is 2.62. The van der Waals surface area contributed by atoms with Crippen LogP contribution in [0.5, 0.6) is 0 Å². The zero-order chi connectivity index (χ0) is 10.8. The molecule has 2 N–H and O–H groups in total. The Hall–Kier alpha value is -1.09. The Morgan fingerprint density at radius 3 is 2.73 bits per heavy atom. The number of hydrogen-bond acceptors (Lipinski definition) is 2. The van der Waals surface area contributed by atoms with Crippen molar-refractivity contribution in [3.63, 3.8) is 0 Å². The minimum Gasteiger partial charge on any atom is -0.386 e. The smallest absolute Gasteiger partial charge is 0.109 e. The van der Waals surface area contributed by atoms with Gasteiger partial charge in [-0.25, -0.2) is 0 Å². The van der Waals surface area contributed by atoms with E-state index < -0.39 is 12.2 Å². The van der Waals surface area contributed by atoms with E-state index in [9.17, 15) is 10.2 Å². The Morgan fingerprint density at radius 2 is 2.00 bits per heavy atom. The molecule has 0 unspecified atom stereocenters. The zero-order valence-electron chi connectivity index (χ0n) is 7.97. The molecule has 0 spiro atoms. The molecule has 2 nitrogen and oxygen atoms in total. The van der Waals surface area contributed by atoms with E-state index in [2.05, 4.69) is 0 Å². The monoisotopic (exact) mass is 222 g/mol. The molecule has 0 radical (unpaired) electrons. The highest BCUT2D eigenvalue weighted by molar-refractivity contribution is 6.30. The lowest BCUT2D eigenvalue weighted by molar-refractivity contribution is 0.0859. The Morgan fingerprint density at radius 1 is 1.20 bits per heavy atom. The lowest BCUT2D eigenvalue weighted by Gasteiger charge is -2.21. The Bertz CT molecular complexity index is 423. The van der Waals surface area contributed by atoms with Crippen molar-refractivity contribution in [1.29, 1.82) is 0 Å². The quantitative estimate of drug-likeness (QED) is 0.763. The van der Waals surface area contributed by atoms with Crippen molar-refractivity contribution in [3.8, 4) is 0 Å². The van der Waals surface area contributed by atoms with Gasteiger partial charge in [-0.15, -0.1) is 0 Å². The Kier molecular flexibility index (Phi) is 2.91. The summed E-state index contributed by atoms with van der Waals surface area (Å²) >= 11 is 5.86. The maximum atomic E-state index is 9.77. The largest absolute Gasteiger partial charge is 0.386 e. The van der Waals surface area contributed by atoms with Gasteiger partial charge in [-0.05, 0) is 23.3 Å². The molecule has 0 saturated carbocycles. The highest BCUT2D eigenvalue weighted by atomic mass is 35.5. The van der Waals surface area contributed by atoms with Crippen molar-refractivity contribution in [2.24, 2.45) is 0 Å². The molecule has 2 rings (SSSR count). The summed E-state index contributed by atoms with van der Waals surface area (Å²) in [5.41, 5.74) is 1.52. The summed E-state index contributed by atoms with van der Waals surface area (Å²) in [6, 6.07) is 7.21. The summed E-state index contributed by atoms with van der Waals surface area (Å²) in [6.45, 7) is 0. The number of halogens is 1. The fourth-order valence-corrected chi connectivity index (χ4v) is 1.79. The summed E-state index contributed by atoms with van der Waals surface area (Å²) in [6.07, 6.45) is 3.34. The van der Waals surface area contributed by atoms with E-state index in [1.54, 1.807) is 30.4 Å². The average molecular weight is 223 g/mol. The van der Waals surface area contributed by atoms with Crippen LogP contribution >= 0.6 is 11.6 Å². The van der Waals surface area contributed by atoms with Gasteiger partial charge >= 0.3 is 0 Å². The summed E-state index contributed by atoms with van der Waals surface area (Å²) in [7, 11) is 0. The summed E-state index contributed by atoms with van der Waals surface area (Å²) in [5.74, 6) is 0. The van der Waals surface area contributed by atoms with Crippen LogP contribution in [0.3, 0.4) is 0 Å². The molecule has 0 heterocycles. The molecule has 1 aromatic carbocycles. The molecule has 1 aromatic rings. The topological polar surface area (TPSA) is 40.5 Å². The molecule has 3 heteroatoms. The van der Waals surface area contributed by atoms with Crippen molar-refractivity contribution in [1.82, 2.24) is 0 Å². The third-order valence-electron chi connectivity index (χ3n) is 2.38. The van der Waals surface area contributed by atoms with Crippen LogP contribution in [0.2, 0.25) is 5.02 Å². The summed E-state index contributed by atoms with van der Waals surface area (Å²) in [5, 5.41) is 19.9. The average Bonchev–Trinajstić information content (AvgIpc) is 2.22. The number of benzene rings is 1. The van der Waals surface area contributed by atoms with Gasteiger partial charge in [0, 0.05) is 5.02 Å². The van der Waals surface area contributed by atoms with Gasteiger partial charge in [0.05, 0.1) is 0 Å². The van der Waals surface area contributed by atoms with Crippen LogP contribution in [0, 0.1) is 0 Å². The maximum Gasteiger partial charge on any atom is 0.109 e. The summed E-state index contributed by atoms with van der Waals surface area (Å²) < 4.78 is 0. The number of allylic oxidation sites excluding steroid dienone is 2. The number of rotatable bonds is 1. The molecular formula is C12H11ClO2. The standard InChI is InChI=1S/C12H11ClO2/c13-9-4-1-3-8(7-9)10-5-2-6-11(14)12(10)15/h1-7,11-12,14-15H/t11-,12+/m0/s1. The molecule has 15 heavy (non-hydrogen) atoms. The van der Waals surface area contributed by atoms with Gasteiger partial charge in [-0.2, -0.15) is 0 Å². The molecule has 0 amide bonds. The van der Waals surface area contributed by atoms with Crippen LogP contribution in [0.15, 0.2) is 42.5 Å². The van der Waals surface area contributed by atoms with Crippen molar-refractivity contribution in [2.75, 3.05) is 0 Å². The molecule has 0 fully saturated rings. The summed E-state index contributed by atoms with van der Waals surface area (Å²) in [4.78, 5) is 0. The van der Waals surface area contributed by atoms with Crippen LogP contribution in [0.1, 0.15) is 5.56 Å². The zero-order valence-corrected chi connectivity index (χ0v) is 8.72. The van der Waals surface area contributed by atoms with E-state index in [-0.39, 0.29) is 0 Å². The highest BCUT2D eigenvalue weighted by Crippen LogP contribution is 2.26. The fourth-order valence-electron chi connectivity index (χ4n) is 1.60. The first-order chi connectivity index (χ1) is 7.18. The van der Waals surface area contributed by atoms with Crippen molar-refractivity contribution < 1.29 is 10.2 Å². The molecular weight excluding hydrogens is 212 g/mol.